The molecular weight excluding hydrogens is 452 g/mol. The zero-order valence-electron chi connectivity index (χ0n) is 15.4. The van der Waals surface area contributed by atoms with Gasteiger partial charge in [0.15, 0.2) is 0 Å². The molecular formula is C20H12ClF2N3O4S. The summed E-state index contributed by atoms with van der Waals surface area (Å²) in [6.07, 6.45) is 0. The first-order valence-corrected chi connectivity index (χ1v) is 10.5. The lowest BCUT2D eigenvalue weighted by atomic mass is 10.1. The van der Waals surface area contributed by atoms with E-state index >= 15 is 0 Å². The Balaban J connectivity index is 1.70. The molecule has 0 bridgehead atoms. The van der Waals surface area contributed by atoms with Gasteiger partial charge in [-0.2, -0.15) is 0 Å². The molecule has 0 aliphatic heterocycles. The molecule has 4 aromatic rings. The maximum atomic E-state index is 14.5. The lowest BCUT2D eigenvalue weighted by Crippen LogP contribution is -2.29. The van der Waals surface area contributed by atoms with Gasteiger partial charge in [0, 0.05) is 11.6 Å². The number of hydrogen-bond donors (Lipinski definition) is 3. The summed E-state index contributed by atoms with van der Waals surface area (Å²) in [5.41, 5.74) is -0.883. The summed E-state index contributed by atoms with van der Waals surface area (Å²) in [5, 5.41) is 0.188. The Hall–Kier alpha value is -3.50. The zero-order valence-corrected chi connectivity index (χ0v) is 16.9. The second-order valence-electron chi connectivity index (χ2n) is 6.54. The highest BCUT2D eigenvalue weighted by Crippen LogP contribution is 2.31. The number of rotatable bonds is 4. The molecule has 3 aromatic carbocycles. The molecule has 1 heterocycles. The van der Waals surface area contributed by atoms with Crippen LogP contribution in [0.25, 0.3) is 22.2 Å². The van der Waals surface area contributed by atoms with Gasteiger partial charge < -0.3 is 9.97 Å². The SMILES string of the molecule is O=c1[nH]c2cc(F)c(S(=O)(=O)Nc3ccc(-c4ccc(F)cc4)c(Cl)c3)cc2[nH]c1=O. The monoisotopic (exact) mass is 463 g/mol. The number of aromatic nitrogens is 2. The molecule has 3 N–H and O–H groups in total. The fourth-order valence-corrected chi connectivity index (χ4v) is 4.40. The third-order valence-corrected chi connectivity index (χ3v) is 6.15. The van der Waals surface area contributed by atoms with Gasteiger partial charge in [0.25, 0.3) is 10.0 Å². The molecule has 0 unspecified atom stereocenters. The number of nitrogens with one attached hydrogen (secondary N) is 3. The van der Waals surface area contributed by atoms with Gasteiger partial charge in [0.05, 0.1) is 21.7 Å². The Morgan fingerprint density at radius 2 is 1.45 bits per heavy atom. The third-order valence-electron chi connectivity index (χ3n) is 4.44. The van der Waals surface area contributed by atoms with E-state index < -0.39 is 37.7 Å². The van der Waals surface area contributed by atoms with Crippen molar-refractivity contribution in [2.24, 2.45) is 0 Å². The van der Waals surface area contributed by atoms with E-state index in [1.165, 1.54) is 42.5 Å². The minimum Gasteiger partial charge on any atom is -0.316 e. The van der Waals surface area contributed by atoms with Crippen LogP contribution in [0.3, 0.4) is 0 Å². The topological polar surface area (TPSA) is 112 Å². The largest absolute Gasteiger partial charge is 0.316 e. The minimum absolute atomic E-state index is 0.0592. The first-order valence-electron chi connectivity index (χ1n) is 8.68. The molecule has 0 spiro atoms. The molecule has 0 amide bonds. The number of fused-ring (bicyclic) bond motifs is 1. The fraction of sp³-hybridized carbons (Fsp3) is 0. The van der Waals surface area contributed by atoms with Crippen molar-refractivity contribution in [3.63, 3.8) is 0 Å². The van der Waals surface area contributed by atoms with Crippen LogP contribution >= 0.6 is 11.6 Å². The summed E-state index contributed by atoms with van der Waals surface area (Å²) in [4.78, 5) is 26.5. The molecule has 1 aromatic heterocycles. The normalized spacial score (nSPS) is 11.6. The predicted octanol–water partition coefficient (Wildman–Crippen LogP) is 3.62. The summed E-state index contributed by atoms with van der Waals surface area (Å²) < 4.78 is 55.2. The molecule has 0 saturated heterocycles. The fourth-order valence-electron chi connectivity index (χ4n) is 2.98. The molecule has 158 valence electrons. The van der Waals surface area contributed by atoms with E-state index in [4.69, 9.17) is 11.6 Å². The lowest BCUT2D eigenvalue weighted by Gasteiger charge is -2.12. The van der Waals surface area contributed by atoms with Crippen molar-refractivity contribution in [2.75, 3.05) is 4.72 Å². The van der Waals surface area contributed by atoms with Crippen LogP contribution in [0.4, 0.5) is 14.5 Å². The van der Waals surface area contributed by atoms with Gasteiger partial charge in [-0.05, 0) is 35.9 Å². The minimum atomic E-state index is -4.41. The molecule has 0 fully saturated rings. The van der Waals surface area contributed by atoms with Gasteiger partial charge >= 0.3 is 11.1 Å². The molecule has 0 radical (unpaired) electrons. The lowest BCUT2D eigenvalue weighted by molar-refractivity contribution is 0.571. The smallest absolute Gasteiger partial charge is 0.314 e. The van der Waals surface area contributed by atoms with Crippen molar-refractivity contribution in [3.8, 4) is 11.1 Å². The zero-order chi connectivity index (χ0) is 22.3. The van der Waals surface area contributed by atoms with E-state index in [2.05, 4.69) is 14.7 Å². The molecule has 31 heavy (non-hydrogen) atoms. The van der Waals surface area contributed by atoms with Crippen LogP contribution in [0.1, 0.15) is 0 Å². The first kappa shape index (κ1) is 20.8. The van der Waals surface area contributed by atoms with Crippen molar-refractivity contribution in [2.45, 2.75) is 4.90 Å². The van der Waals surface area contributed by atoms with Gasteiger partial charge in [-0.1, -0.05) is 29.8 Å². The van der Waals surface area contributed by atoms with E-state index in [1.54, 1.807) is 0 Å². The van der Waals surface area contributed by atoms with E-state index in [0.29, 0.717) is 11.1 Å². The number of H-pyrrole nitrogens is 2. The Labute approximate surface area is 178 Å². The Morgan fingerprint density at radius 3 is 2.06 bits per heavy atom. The van der Waals surface area contributed by atoms with Gasteiger partial charge in [-0.15, -0.1) is 0 Å². The van der Waals surface area contributed by atoms with Crippen LogP contribution in [-0.4, -0.2) is 18.4 Å². The van der Waals surface area contributed by atoms with Crippen molar-refractivity contribution in [1.82, 2.24) is 9.97 Å². The predicted molar refractivity (Wildman–Crippen MR) is 113 cm³/mol. The maximum Gasteiger partial charge on any atom is 0.314 e. The molecule has 0 atom stereocenters. The summed E-state index contributed by atoms with van der Waals surface area (Å²) in [6, 6.07) is 11.6. The average Bonchev–Trinajstić information content (AvgIpc) is 2.69. The van der Waals surface area contributed by atoms with E-state index in [-0.39, 0.29) is 21.7 Å². The Bertz CT molecular complexity index is 1550. The number of aromatic amines is 2. The highest BCUT2D eigenvalue weighted by atomic mass is 35.5. The third kappa shape index (κ3) is 4.07. The molecule has 7 nitrogen and oxygen atoms in total. The van der Waals surface area contributed by atoms with Gasteiger partial charge in [-0.25, -0.2) is 17.2 Å². The summed E-state index contributed by atoms with van der Waals surface area (Å²) in [6.45, 7) is 0. The standard InChI is InChI=1S/C20H12ClF2N3O4S/c21-14-7-12(5-6-13(14)10-1-3-11(22)4-2-10)26-31(29,30)18-9-17-16(8-15(18)23)24-19(27)20(28)25-17/h1-9,26H,(H,24,27)(H,25,28). The molecule has 0 aliphatic rings. The van der Waals surface area contributed by atoms with Crippen molar-refractivity contribution in [1.29, 1.82) is 0 Å². The first-order chi connectivity index (χ1) is 14.6. The van der Waals surface area contributed by atoms with Crippen molar-refractivity contribution >= 4 is 38.3 Å². The number of benzene rings is 3. The molecule has 0 saturated carbocycles. The van der Waals surface area contributed by atoms with Crippen LogP contribution in [0.15, 0.2) is 69.1 Å². The highest BCUT2D eigenvalue weighted by molar-refractivity contribution is 7.92. The quantitative estimate of drug-likeness (QED) is 0.401. The second-order valence-corrected chi connectivity index (χ2v) is 8.60. The number of halogens is 3. The van der Waals surface area contributed by atoms with Gasteiger partial charge in [0.1, 0.15) is 16.5 Å². The Kier molecular flexibility index (Phi) is 5.11. The number of sulfonamides is 1. The highest BCUT2D eigenvalue weighted by Gasteiger charge is 2.21. The van der Waals surface area contributed by atoms with Gasteiger partial charge in [-0.3, -0.25) is 14.3 Å². The average molecular weight is 464 g/mol. The molecule has 4 rings (SSSR count). The number of anilines is 1. The van der Waals surface area contributed by atoms with Crippen molar-refractivity contribution < 1.29 is 17.2 Å². The van der Waals surface area contributed by atoms with E-state index in [1.807, 2.05) is 0 Å². The van der Waals surface area contributed by atoms with E-state index in [0.717, 1.165) is 12.1 Å². The molecule has 11 heteroatoms. The van der Waals surface area contributed by atoms with E-state index in [9.17, 15) is 26.8 Å². The maximum absolute atomic E-state index is 14.5. The van der Waals surface area contributed by atoms with Crippen LogP contribution in [0.2, 0.25) is 5.02 Å². The second kappa shape index (κ2) is 7.64. The summed E-state index contributed by atoms with van der Waals surface area (Å²) in [5.74, 6) is -1.54. The Morgan fingerprint density at radius 1 is 0.839 bits per heavy atom. The summed E-state index contributed by atoms with van der Waals surface area (Å²) in [7, 11) is -4.41. The molecule has 0 aliphatic carbocycles. The summed E-state index contributed by atoms with van der Waals surface area (Å²) >= 11 is 6.24. The van der Waals surface area contributed by atoms with Crippen LogP contribution < -0.4 is 15.8 Å². The van der Waals surface area contributed by atoms with Crippen LogP contribution in [0, 0.1) is 11.6 Å². The van der Waals surface area contributed by atoms with Crippen molar-refractivity contribution in [3.05, 3.63) is 92.0 Å². The van der Waals surface area contributed by atoms with Crippen LogP contribution in [0.5, 0.6) is 0 Å². The number of hydrogen-bond acceptors (Lipinski definition) is 4. The van der Waals surface area contributed by atoms with Gasteiger partial charge in [0.2, 0.25) is 0 Å². The van der Waals surface area contributed by atoms with Crippen LogP contribution in [-0.2, 0) is 10.0 Å².